The van der Waals surface area contributed by atoms with Crippen molar-refractivity contribution in [3.8, 4) is 11.6 Å². The van der Waals surface area contributed by atoms with Crippen LogP contribution in [0.2, 0.25) is 0 Å². The molecular weight excluding hydrogens is 274 g/mol. The Labute approximate surface area is 130 Å². The number of likely N-dealkylation sites (tertiary alicyclic amines) is 1. The number of aryl methyl sites for hydroxylation is 1. The Morgan fingerprint density at radius 3 is 3.05 bits per heavy atom. The molecule has 0 radical (unpaired) electrons. The van der Waals surface area contributed by atoms with Gasteiger partial charge in [0.2, 0.25) is 0 Å². The van der Waals surface area contributed by atoms with Gasteiger partial charge >= 0.3 is 0 Å². The lowest BCUT2D eigenvalue weighted by Gasteiger charge is -2.19. The van der Waals surface area contributed by atoms with Crippen molar-refractivity contribution in [2.75, 3.05) is 13.6 Å². The van der Waals surface area contributed by atoms with Gasteiger partial charge < -0.3 is 14.5 Å². The molecule has 1 aliphatic heterocycles. The van der Waals surface area contributed by atoms with Crippen LogP contribution < -0.4 is 0 Å². The molecular formula is C17H21N5. The number of nitrogens with zero attached hydrogens (tertiary/aromatic N) is 4. The van der Waals surface area contributed by atoms with Crippen molar-refractivity contribution in [2.45, 2.75) is 31.8 Å². The molecule has 1 saturated heterocycles. The normalized spacial score (nSPS) is 19.2. The summed E-state index contributed by atoms with van der Waals surface area (Å²) >= 11 is 0. The summed E-state index contributed by atoms with van der Waals surface area (Å²) < 4.78 is 2.21. The quantitative estimate of drug-likeness (QED) is 0.805. The Kier molecular flexibility index (Phi) is 3.42. The van der Waals surface area contributed by atoms with Gasteiger partial charge in [-0.15, -0.1) is 0 Å². The van der Waals surface area contributed by atoms with E-state index in [-0.39, 0.29) is 0 Å². The first kappa shape index (κ1) is 13.5. The largest absolute Gasteiger partial charge is 0.335 e. The SMILES string of the molecule is CN1CCC[C@@H]1CCn1ccnc1-c1nc2ccccc2[nH]1. The average Bonchev–Trinajstić information content (AvgIpc) is 3.23. The molecule has 2 aromatic heterocycles. The van der Waals surface area contributed by atoms with E-state index in [4.69, 9.17) is 0 Å². The highest BCUT2D eigenvalue weighted by Gasteiger charge is 2.21. The standard InChI is InChI=1S/C17H21N5/c1-21-10-4-5-13(21)8-11-22-12-9-18-17(22)16-19-14-6-2-3-7-15(14)20-16/h2-3,6-7,9,12-13H,4-5,8,10-11H2,1H3,(H,19,20)/t13-/m1/s1. The number of aromatic amines is 1. The lowest BCUT2D eigenvalue weighted by Crippen LogP contribution is -2.26. The number of rotatable bonds is 4. The first-order valence-corrected chi connectivity index (χ1v) is 7.98. The van der Waals surface area contributed by atoms with Gasteiger partial charge in [0.15, 0.2) is 11.6 Å². The van der Waals surface area contributed by atoms with Crippen molar-refractivity contribution in [3.63, 3.8) is 0 Å². The van der Waals surface area contributed by atoms with Crippen molar-refractivity contribution in [1.29, 1.82) is 0 Å². The minimum absolute atomic E-state index is 0.700. The maximum absolute atomic E-state index is 4.66. The molecule has 3 heterocycles. The molecule has 1 fully saturated rings. The van der Waals surface area contributed by atoms with Gasteiger partial charge in [0.05, 0.1) is 11.0 Å². The molecule has 1 N–H and O–H groups in total. The fourth-order valence-corrected chi connectivity index (χ4v) is 3.40. The van der Waals surface area contributed by atoms with Gasteiger partial charge in [-0.3, -0.25) is 0 Å². The minimum atomic E-state index is 0.700. The number of nitrogens with one attached hydrogen (secondary N) is 1. The van der Waals surface area contributed by atoms with Crippen LogP contribution >= 0.6 is 0 Å². The monoisotopic (exact) mass is 295 g/mol. The summed E-state index contributed by atoms with van der Waals surface area (Å²) in [6.45, 7) is 2.21. The topological polar surface area (TPSA) is 49.7 Å². The van der Waals surface area contributed by atoms with Gasteiger partial charge in [-0.25, -0.2) is 9.97 Å². The van der Waals surface area contributed by atoms with Crippen LogP contribution in [0.3, 0.4) is 0 Å². The third-order valence-electron chi connectivity index (χ3n) is 4.69. The second-order valence-electron chi connectivity index (χ2n) is 6.11. The number of hydrogen-bond acceptors (Lipinski definition) is 3. The average molecular weight is 295 g/mol. The molecule has 0 bridgehead atoms. The van der Waals surface area contributed by atoms with Crippen LogP contribution in [-0.2, 0) is 6.54 Å². The second kappa shape index (κ2) is 5.57. The number of fused-ring (bicyclic) bond motifs is 1. The minimum Gasteiger partial charge on any atom is -0.335 e. The van der Waals surface area contributed by atoms with E-state index in [1.54, 1.807) is 0 Å². The van der Waals surface area contributed by atoms with Gasteiger partial charge in [0.25, 0.3) is 0 Å². The van der Waals surface area contributed by atoms with Crippen molar-refractivity contribution >= 4 is 11.0 Å². The van der Waals surface area contributed by atoms with E-state index in [9.17, 15) is 0 Å². The van der Waals surface area contributed by atoms with Gasteiger partial charge in [-0.05, 0) is 45.0 Å². The van der Waals surface area contributed by atoms with Crippen LogP contribution in [0.25, 0.3) is 22.7 Å². The summed E-state index contributed by atoms with van der Waals surface area (Å²) in [4.78, 5) is 15.0. The van der Waals surface area contributed by atoms with Crippen molar-refractivity contribution in [2.24, 2.45) is 0 Å². The van der Waals surface area contributed by atoms with E-state index in [1.165, 1.54) is 25.8 Å². The molecule has 1 aliphatic rings. The molecule has 0 unspecified atom stereocenters. The molecule has 0 spiro atoms. The van der Waals surface area contributed by atoms with E-state index in [1.807, 2.05) is 30.5 Å². The molecule has 0 amide bonds. The fraction of sp³-hybridized carbons (Fsp3) is 0.412. The summed E-state index contributed by atoms with van der Waals surface area (Å²) in [6, 6.07) is 8.80. The van der Waals surface area contributed by atoms with E-state index in [2.05, 4.69) is 37.7 Å². The molecule has 5 heteroatoms. The summed E-state index contributed by atoms with van der Waals surface area (Å²) in [6.07, 6.45) is 7.71. The molecule has 3 aromatic rings. The Balaban J connectivity index is 1.56. The number of imidazole rings is 2. The van der Waals surface area contributed by atoms with E-state index >= 15 is 0 Å². The Morgan fingerprint density at radius 1 is 1.32 bits per heavy atom. The summed E-state index contributed by atoms with van der Waals surface area (Å²) in [5.74, 6) is 1.78. The van der Waals surface area contributed by atoms with Crippen molar-refractivity contribution in [3.05, 3.63) is 36.7 Å². The predicted octanol–water partition coefficient (Wildman–Crippen LogP) is 2.91. The Bertz CT molecular complexity index is 739. The maximum atomic E-state index is 4.66. The number of aromatic nitrogens is 4. The van der Waals surface area contributed by atoms with Crippen LogP contribution in [0.1, 0.15) is 19.3 Å². The number of hydrogen-bond donors (Lipinski definition) is 1. The third-order valence-corrected chi connectivity index (χ3v) is 4.69. The van der Waals surface area contributed by atoms with Crippen LogP contribution in [0.5, 0.6) is 0 Å². The molecule has 1 atom stereocenters. The highest BCUT2D eigenvalue weighted by Crippen LogP contribution is 2.22. The third kappa shape index (κ3) is 2.41. The van der Waals surface area contributed by atoms with Gasteiger partial charge in [0.1, 0.15) is 0 Å². The summed E-state index contributed by atoms with van der Waals surface area (Å²) in [5.41, 5.74) is 2.05. The molecule has 22 heavy (non-hydrogen) atoms. The van der Waals surface area contributed by atoms with E-state index in [0.29, 0.717) is 6.04 Å². The molecule has 0 saturated carbocycles. The van der Waals surface area contributed by atoms with Crippen LogP contribution in [0, 0.1) is 0 Å². The van der Waals surface area contributed by atoms with Gasteiger partial charge in [-0.2, -0.15) is 0 Å². The predicted molar refractivity (Wildman–Crippen MR) is 87.6 cm³/mol. The van der Waals surface area contributed by atoms with Crippen molar-refractivity contribution < 1.29 is 0 Å². The fourth-order valence-electron chi connectivity index (χ4n) is 3.40. The first-order chi connectivity index (χ1) is 10.8. The molecule has 4 rings (SSSR count). The van der Waals surface area contributed by atoms with E-state index < -0.39 is 0 Å². The first-order valence-electron chi connectivity index (χ1n) is 7.98. The molecule has 5 nitrogen and oxygen atoms in total. The highest BCUT2D eigenvalue weighted by molar-refractivity contribution is 5.78. The number of benzene rings is 1. The van der Waals surface area contributed by atoms with Crippen LogP contribution in [0.4, 0.5) is 0 Å². The molecule has 114 valence electrons. The van der Waals surface area contributed by atoms with E-state index in [0.717, 1.165) is 29.2 Å². The van der Waals surface area contributed by atoms with Gasteiger partial charge in [-0.1, -0.05) is 12.1 Å². The maximum Gasteiger partial charge on any atom is 0.176 e. The van der Waals surface area contributed by atoms with Gasteiger partial charge in [0, 0.05) is 25.0 Å². The zero-order valence-corrected chi connectivity index (χ0v) is 12.9. The molecule has 0 aliphatic carbocycles. The number of H-pyrrole nitrogens is 1. The summed E-state index contributed by atoms with van der Waals surface area (Å²) in [5, 5.41) is 0. The zero-order valence-electron chi connectivity index (χ0n) is 12.9. The lowest BCUT2D eigenvalue weighted by atomic mass is 10.1. The Morgan fingerprint density at radius 2 is 2.23 bits per heavy atom. The second-order valence-corrected chi connectivity index (χ2v) is 6.11. The summed E-state index contributed by atoms with van der Waals surface area (Å²) in [7, 11) is 2.23. The zero-order chi connectivity index (χ0) is 14.9. The van der Waals surface area contributed by atoms with Crippen LogP contribution in [-0.4, -0.2) is 44.1 Å². The van der Waals surface area contributed by atoms with Crippen molar-refractivity contribution in [1.82, 2.24) is 24.4 Å². The highest BCUT2D eigenvalue weighted by atomic mass is 15.2. The smallest absolute Gasteiger partial charge is 0.176 e. The Hall–Kier alpha value is -2.14. The number of para-hydroxylation sites is 2. The molecule has 1 aromatic carbocycles. The lowest BCUT2D eigenvalue weighted by molar-refractivity contribution is 0.286. The van der Waals surface area contributed by atoms with Crippen LogP contribution in [0.15, 0.2) is 36.7 Å².